The Morgan fingerprint density at radius 1 is 1.20 bits per heavy atom. The van der Waals surface area contributed by atoms with Crippen LogP contribution in [-0.2, 0) is 6.18 Å². The van der Waals surface area contributed by atoms with Crippen LogP contribution in [0.2, 0.25) is 0 Å². The summed E-state index contributed by atoms with van der Waals surface area (Å²) in [6, 6.07) is 9.69. The molecule has 4 rings (SSSR count). The Morgan fingerprint density at radius 2 is 1.92 bits per heavy atom. The minimum Gasteiger partial charge on any atom is -0.322 e. The van der Waals surface area contributed by atoms with Gasteiger partial charge in [0.2, 0.25) is 0 Å². The van der Waals surface area contributed by atoms with Gasteiger partial charge in [0, 0.05) is 17.3 Å². The van der Waals surface area contributed by atoms with Gasteiger partial charge in [-0.05, 0) is 31.0 Å². The Morgan fingerprint density at radius 3 is 2.56 bits per heavy atom. The third-order valence-electron chi connectivity index (χ3n) is 4.05. The van der Waals surface area contributed by atoms with E-state index in [1.54, 1.807) is 30.3 Å². The number of halogens is 3. The first kappa shape index (κ1) is 15.6. The monoisotopic (exact) mass is 346 g/mol. The normalized spacial score (nSPS) is 14.7. The molecule has 1 aliphatic rings. The van der Waals surface area contributed by atoms with E-state index in [0.29, 0.717) is 15.9 Å². The number of nitrogens with zero attached hydrogens (tertiary/aromatic N) is 3. The molecule has 1 aliphatic carbocycles. The number of anilines is 1. The van der Waals surface area contributed by atoms with Crippen LogP contribution in [0.15, 0.2) is 42.6 Å². The molecule has 25 heavy (non-hydrogen) atoms. The van der Waals surface area contributed by atoms with E-state index in [0.717, 1.165) is 25.1 Å². The van der Waals surface area contributed by atoms with Crippen LogP contribution in [0.1, 0.15) is 40.5 Å². The van der Waals surface area contributed by atoms with Crippen LogP contribution in [0.25, 0.3) is 5.65 Å². The summed E-state index contributed by atoms with van der Waals surface area (Å²) in [5, 5.41) is 6.39. The van der Waals surface area contributed by atoms with E-state index in [4.69, 9.17) is 0 Å². The van der Waals surface area contributed by atoms with Crippen molar-refractivity contribution in [2.75, 3.05) is 5.32 Å². The smallest absolute Gasteiger partial charge is 0.322 e. The van der Waals surface area contributed by atoms with Crippen molar-refractivity contribution in [1.82, 2.24) is 14.6 Å². The third kappa shape index (κ3) is 2.95. The first-order chi connectivity index (χ1) is 11.9. The number of benzene rings is 1. The molecular formula is C17H13F3N4O. The van der Waals surface area contributed by atoms with Gasteiger partial charge >= 0.3 is 6.18 Å². The summed E-state index contributed by atoms with van der Waals surface area (Å²) in [7, 11) is 0. The molecule has 0 spiro atoms. The number of fused-ring (bicyclic) bond motifs is 1. The lowest BCUT2D eigenvalue weighted by Crippen LogP contribution is -2.16. The second-order valence-electron chi connectivity index (χ2n) is 5.95. The van der Waals surface area contributed by atoms with Crippen LogP contribution < -0.4 is 5.32 Å². The number of carbonyl (C=O) groups is 1. The van der Waals surface area contributed by atoms with Crippen LogP contribution in [0.4, 0.5) is 18.9 Å². The van der Waals surface area contributed by atoms with Crippen LogP contribution in [0.3, 0.4) is 0 Å². The maximum absolute atomic E-state index is 13.3. The summed E-state index contributed by atoms with van der Waals surface area (Å²) in [4.78, 5) is 16.7. The Bertz CT molecular complexity index is 946. The molecule has 1 N–H and O–H groups in total. The van der Waals surface area contributed by atoms with Gasteiger partial charge in [-0.25, -0.2) is 9.50 Å². The van der Waals surface area contributed by atoms with Gasteiger partial charge in [0.25, 0.3) is 5.91 Å². The van der Waals surface area contributed by atoms with Crippen molar-refractivity contribution < 1.29 is 18.0 Å². The molecule has 1 fully saturated rings. The topological polar surface area (TPSA) is 59.3 Å². The fraction of sp³-hybridized carbons (Fsp3) is 0.235. The number of hydrogen-bond donors (Lipinski definition) is 1. The number of alkyl halides is 3. The summed E-state index contributed by atoms with van der Waals surface area (Å²) < 4.78 is 40.7. The largest absolute Gasteiger partial charge is 0.433 e. The second-order valence-corrected chi connectivity index (χ2v) is 5.95. The maximum Gasteiger partial charge on any atom is 0.433 e. The van der Waals surface area contributed by atoms with Crippen molar-refractivity contribution in [2.24, 2.45) is 0 Å². The fourth-order valence-electron chi connectivity index (χ4n) is 2.65. The minimum atomic E-state index is -4.58. The second kappa shape index (κ2) is 5.58. The van der Waals surface area contributed by atoms with E-state index in [2.05, 4.69) is 15.4 Å². The zero-order chi connectivity index (χ0) is 17.6. The van der Waals surface area contributed by atoms with Crippen molar-refractivity contribution in [3.8, 4) is 0 Å². The molecule has 3 aromatic rings. The van der Waals surface area contributed by atoms with Gasteiger partial charge in [-0.1, -0.05) is 18.2 Å². The molecule has 0 aliphatic heterocycles. The molecule has 2 heterocycles. The zero-order valence-corrected chi connectivity index (χ0v) is 12.9. The van der Waals surface area contributed by atoms with Crippen molar-refractivity contribution in [3.63, 3.8) is 0 Å². The first-order valence-electron chi connectivity index (χ1n) is 7.76. The number of nitrogens with one attached hydrogen (secondary N) is 1. The molecule has 1 amide bonds. The Labute approximate surface area is 140 Å². The number of carbonyl (C=O) groups excluding carboxylic acids is 1. The average Bonchev–Trinajstić information content (AvgIpc) is 3.33. The highest BCUT2D eigenvalue weighted by Gasteiger charge is 2.37. The summed E-state index contributed by atoms with van der Waals surface area (Å²) in [5.41, 5.74) is -0.0875. The minimum absolute atomic E-state index is 0.0110. The van der Waals surface area contributed by atoms with E-state index in [9.17, 15) is 18.0 Å². The van der Waals surface area contributed by atoms with Gasteiger partial charge in [-0.15, -0.1) is 0 Å². The summed E-state index contributed by atoms with van der Waals surface area (Å²) in [6.45, 7) is 0. The van der Waals surface area contributed by atoms with Crippen LogP contribution in [-0.4, -0.2) is 20.5 Å². The molecule has 0 saturated heterocycles. The lowest BCUT2D eigenvalue weighted by Gasteiger charge is -2.11. The Balaban J connectivity index is 1.80. The summed E-state index contributed by atoms with van der Waals surface area (Å²) in [6.07, 6.45) is -1.85. The lowest BCUT2D eigenvalue weighted by atomic mass is 10.2. The molecule has 0 atom stereocenters. The van der Waals surface area contributed by atoms with Gasteiger partial charge in [0.05, 0.1) is 6.20 Å². The van der Waals surface area contributed by atoms with E-state index >= 15 is 0 Å². The van der Waals surface area contributed by atoms with Gasteiger partial charge in [0.15, 0.2) is 5.65 Å². The highest BCUT2D eigenvalue weighted by atomic mass is 19.4. The van der Waals surface area contributed by atoms with Crippen molar-refractivity contribution >= 4 is 17.2 Å². The Hall–Kier alpha value is -2.90. The molecule has 0 radical (unpaired) electrons. The summed E-state index contributed by atoms with van der Waals surface area (Å²) >= 11 is 0. The van der Waals surface area contributed by atoms with E-state index < -0.39 is 17.8 Å². The number of amides is 1. The number of hydrogen-bond acceptors (Lipinski definition) is 3. The number of aromatic nitrogens is 3. The third-order valence-corrected chi connectivity index (χ3v) is 4.05. The average molecular weight is 346 g/mol. The fourth-order valence-corrected chi connectivity index (χ4v) is 2.65. The standard InChI is InChI=1S/C17H13F3N4O/c18-17(19,20)14-8-13(10-6-7-10)23-15-12(9-21-24(14)15)16(25)22-11-4-2-1-3-5-11/h1-5,8-10H,6-7H2,(H,22,25). The lowest BCUT2D eigenvalue weighted by molar-refractivity contribution is -0.142. The number of rotatable bonds is 3. The summed E-state index contributed by atoms with van der Waals surface area (Å²) in [5.74, 6) is -0.527. The quantitative estimate of drug-likeness (QED) is 0.783. The molecule has 5 nitrogen and oxygen atoms in total. The first-order valence-corrected chi connectivity index (χ1v) is 7.76. The zero-order valence-electron chi connectivity index (χ0n) is 12.9. The highest BCUT2D eigenvalue weighted by molar-refractivity contribution is 6.08. The van der Waals surface area contributed by atoms with Gasteiger partial charge in [-0.3, -0.25) is 4.79 Å². The van der Waals surface area contributed by atoms with Gasteiger partial charge < -0.3 is 5.32 Å². The van der Waals surface area contributed by atoms with Crippen LogP contribution in [0, 0.1) is 0 Å². The molecule has 1 aromatic carbocycles. The van der Waals surface area contributed by atoms with E-state index in [-0.39, 0.29) is 17.1 Å². The number of para-hydroxylation sites is 1. The maximum atomic E-state index is 13.3. The van der Waals surface area contributed by atoms with E-state index in [1.807, 2.05) is 0 Å². The molecule has 0 bridgehead atoms. The van der Waals surface area contributed by atoms with Crippen molar-refractivity contribution in [3.05, 3.63) is 59.5 Å². The van der Waals surface area contributed by atoms with Gasteiger partial charge in [0.1, 0.15) is 11.3 Å². The van der Waals surface area contributed by atoms with Crippen molar-refractivity contribution in [1.29, 1.82) is 0 Å². The van der Waals surface area contributed by atoms with Crippen LogP contribution >= 0.6 is 0 Å². The SMILES string of the molecule is O=C(Nc1ccccc1)c1cnn2c(C(F)(F)F)cc(C3CC3)nc12. The van der Waals surface area contributed by atoms with E-state index in [1.165, 1.54) is 0 Å². The molecular weight excluding hydrogens is 333 g/mol. The molecule has 0 unspecified atom stereocenters. The molecule has 8 heteroatoms. The predicted molar refractivity (Wildman–Crippen MR) is 84.4 cm³/mol. The highest BCUT2D eigenvalue weighted by Crippen LogP contribution is 2.41. The van der Waals surface area contributed by atoms with Crippen LogP contribution in [0.5, 0.6) is 0 Å². The Kier molecular flexibility index (Phi) is 3.48. The van der Waals surface area contributed by atoms with Crippen molar-refractivity contribution in [2.45, 2.75) is 24.9 Å². The van der Waals surface area contributed by atoms with Gasteiger partial charge in [-0.2, -0.15) is 18.3 Å². The molecule has 2 aromatic heterocycles. The molecule has 128 valence electrons. The molecule has 1 saturated carbocycles. The predicted octanol–water partition coefficient (Wildman–Crippen LogP) is 3.88.